The molecule has 0 bridgehead atoms. The van der Waals surface area contributed by atoms with E-state index in [4.69, 9.17) is 25.7 Å². The molecule has 4 aromatic rings. The number of carbonyl (C=O) groups is 4. The molecule has 4 aromatic carbocycles. The lowest BCUT2D eigenvalue weighted by Gasteiger charge is -2.44. The van der Waals surface area contributed by atoms with Crippen molar-refractivity contribution in [2.45, 2.75) is 69.9 Å². The predicted octanol–water partition coefficient (Wildman–Crippen LogP) is 1.14. The summed E-state index contributed by atoms with van der Waals surface area (Å²) in [7, 11) is 0. The maximum Gasteiger partial charge on any atom is 0.308 e. The summed E-state index contributed by atoms with van der Waals surface area (Å²) in [5, 5.41) is 74.3. The summed E-state index contributed by atoms with van der Waals surface area (Å²) in [6.07, 6.45) is -5.17. The smallest absolute Gasteiger partial charge is 0.308 e. The van der Waals surface area contributed by atoms with Crippen LogP contribution in [0.15, 0.2) is 54.6 Å². The second-order valence-electron chi connectivity index (χ2n) is 14.0. The first-order valence-electron chi connectivity index (χ1n) is 18.1. The summed E-state index contributed by atoms with van der Waals surface area (Å²) < 4.78 is 17.0. The maximum absolute atomic E-state index is 14.8. The minimum Gasteiger partial charge on any atom is -0.507 e. The topological polar surface area (TPSA) is 290 Å². The van der Waals surface area contributed by atoms with Crippen molar-refractivity contribution in [3.63, 3.8) is 0 Å². The van der Waals surface area contributed by atoms with Crippen LogP contribution in [-0.4, -0.2) is 96.6 Å². The van der Waals surface area contributed by atoms with E-state index in [0.717, 1.165) is 18.6 Å². The molecular weight excluding hydrogens is 756 g/mol. The molecule has 1 aliphatic heterocycles. The highest BCUT2D eigenvalue weighted by atomic mass is 16.7. The minimum absolute atomic E-state index is 0.0326. The molecule has 0 aromatic heterocycles. The quantitative estimate of drug-likeness (QED) is 0.0281. The number of benzene rings is 4. The van der Waals surface area contributed by atoms with Crippen molar-refractivity contribution in [2.75, 3.05) is 6.61 Å². The fourth-order valence-electron chi connectivity index (χ4n) is 7.25. The van der Waals surface area contributed by atoms with Crippen molar-refractivity contribution in [2.24, 2.45) is 11.5 Å². The van der Waals surface area contributed by atoms with E-state index < -0.39 is 83.3 Å². The Labute approximate surface area is 331 Å². The Balaban J connectivity index is 1.59. The fourth-order valence-corrected chi connectivity index (χ4v) is 7.25. The number of aliphatic hydroxyl groups is 6. The Morgan fingerprint density at radius 2 is 1.64 bits per heavy atom. The Bertz CT molecular complexity index is 2340. The summed E-state index contributed by atoms with van der Waals surface area (Å²) in [6, 6.07) is 13.9. The Morgan fingerprint density at radius 1 is 0.914 bits per heavy atom. The summed E-state index contributed by atoms with van der Waals surface area (Å²) in [5.41, 5.74) is 11.8. The highest BCUT2D eigenvalue weighted by Gasteiger charge is 2.54. The van der Waals surface area contributed by atoms with E-state index in [9.17, 15) is 54.9 Å². The molecule has 0 radical (unpaired) electrons. The number of ether oxygens (including phenoxy) is 3. The van der Waals surface area contributed by atoms with Gasteiger partial charge in [0.1, 0.15) is 23.4 Å². The number of nitrogens with two attached hydrogens (primary N) is 2. The molecule has 1 saturated heterocycles. The van der Waals surface area contributed by atoms with E-state index in [1.165, 1.54) is 31.2 Å². The van der Waals surface area contributed by atoms with Gasteiger partial charge in [-0.2, -0.15) is 0 Å². The maximum atomic E-state index is 14.8. The molecule has 0 saturated carbocycles. The molecule has 58 heavy (non-hydrogen) atoms. The number of aldehydes is 1. The van der Waals surface area contributed by atoms with Crippen LogP contribution in [0.2, 0.25) is 0 Å². The SMILES string of the molecule is CC(=O)Oc1cc(CO)c2c(c1C=Cc1cccc(CCO)c1)C(=O)c1cc(O[C@H]3O[C@H](C)[C@@H](O)C(O)(O)[C@H]3O)c(Cc3cccc(C(N)N)c3C=O)c(O)c1C2=O. The number of hydrogen-bond donors (Lipinski definition) is 9. The van der Waals surface area contributed by atoms with Crippen LogP contribution < -0.4 is 20.9 Å². The zero-order valence-corrected chi connectivity index (χ0v) is 31.3. The Kier molecular flexibility index (Phi) is 12.1. The molecule has 0 unspecified atom stereocenters. The standard InChI is InChI=1S/C42H42N2O14/c1-19-38(52)42(54,55)39(53)41(56-19)58-31-16-28-34(35(49)27(31)14-23-7-4-8-25(40(43)44)29(23)18-47)37(51)32-24(17-46)15-30(57-20(2)48)26(33(32)36(28)50)10-9-21-5-3-6-22(13-21)11-12-45/h3-10,13,15-16,18-19,38-41,45-46,49,52-55H,11-12,14,17,43-44H2,1-2H3/t19-,38-,39+,41-/m1/s1. The van der Waals surface area contributed by atoms with E-state index in [1.54, 1.807) is 36.4 Å². The first-order valence-corrected chi connectivity index (χ1v) is 18.1. The third-order valence-electron chi connectivity index (χ3n) is 10.2. The molecule has 1 heterocycles. The summed E-state index contributed by atoms with van der Waals surface area (Å²) in [6.45, 7) is 1.49. The molecule has 0 amide bonds. The highest BCUT2D eigenvalue weighted by Crippen LogP contribution is 2.46. The molecule has 1 fully saturated rings. The van der Waals surface area contributed by atoms with Crippen LogP contribution in [-0.2, 0) is 29.0 Å². The molecule has 6 rings (SSSR count). The number of hydrogen-bond acceptors (Lipinski definition) is 16. The molecular formula is C42H42N2O14. The van der Waals surface area contributed by atoms with Crippen LogP contribution in [0.25, 0.3) is 12.2 Å². The van der Waals surface area contributed by atoms with Gasteiger partial charge in [-0.1, -0.05) is 48.5 Å². The number of aromatic hydroxyl groups is 1. The highest BCUT2D eigenvalue weighted by molar-refractivity contribution is 6.31. The molecule has 16 heteroatoms. The van der Waals surface area contributed by atoms with Gasteiger partial charge in [-0.25, -0.2) is 0 Å². The third kappa shape index (κ3) is 7.68. The van der Waals surface area contributed by atoms with Crippen LogP contribution in [0.5, 0.6) is 17.2 Å². The molecule has 1 aliphatic carbocycles. The molecule has 16 nitrogen and oxygen atoms in total. The summed E-state index contributed by atoms with van der Waals surface area (Å²) >= 11 is 0. The van der Waals surface area contributed by atoms with Crippen LogP contribution in [0.3, 0.4) is 0 Å². The Hall–Kier alpha value is -5.66. The van der Waals surface area contributed by atoms with Gasteiger partial charge in [0, 0.05) is 53.3 Å². The van der Waals surface area contributed by atoms with Gasteiger partial charge < -0.3 is 61.4 Å². The van der Waals surface area contributed by atoms with Gasteiger partial charge in [-0.05, 0) is 59.4 Å². The van der Waals surface area contributed by atoms with Crippen LogP contribution in [0.4, 0.5) is 0 Å². The normalized spacial score (nSPS) is 19.9. The van der Waals surface area contributed by atoms with Crippen molar-refractivity contribution in [1.29, 1.82) is 0 Å². The first kappa shape index (κ1) is 42.0. The van der Waals surface area contributed by atoms with Gasteiger partial charge in [0.25, 0.3) is 0 Å². The molecule has 4 atom stereocenters. The third-order valence-corrected chi connectivity index (χ3v) is 10.2. The number of esters is 1. The predicted molar refractivity (Wildman–Crippen MR) is 205 cm³/mol. The van der Waals surface area contributed by atoms with Crippen molar-refractivity contribution in [1.82, 2.24) is 0 Å². The van der Waals surface area contributed by atoms with Gasteiger partial charge in [-0.3, -0.25) is 19.2 Å². The monoisotopic (exact) mass is 798 g/mol. The number of aliphatic hydroxyl groups excluding tert-OH is 4. The van der Waals surface area contributed by atoms with Crippen LogP contribution >= 0.6 is 0 Å². The van der Waals surface area contributed by atoms with Crippen LogP contribution in [0.1, 0.15) is 101 Å². The van der Waals surface area contributed by atoms with E-state index in [2.05, 4.69) is 0 Å². The number of ketones is 2. The summed E-state index contributed by atoms with van der Waals surface area (Å²) in [5.74, 6) is -7.14. The molecule has 2 aliphatic rings. The van der Waals surface area contributed by atoms with Gasteiger partial charge >= 0.3 is 5.97 Å². The zero-order valence-electron chi connectivity index (χ0n) is 31.3. The largest absolute Gasteiger partial charge is 0.507 e. The molecule has 11 N–H and O–H groups in total. The zero-order chi connectivity index (χ0) is 42.2. The number of phenols is 1. The lowest BCUT2D eigenvalue weighted by molar-refractivity contribution is -0.371. The Morgan fingerprint density at radius 3 is 2.29 bits per heavy atom. The molecule has 0 spiro atoms. The lowest BCUT2D eigenvalue weighted by atomic mass is 9.77. The van der Waals surface area contributed by atoms with E-state index in [1.807, 2.05) is 0 Å². The van der Waals surface area contributed by atoms with Crippen LogP contribution in [0, 0.1) is 0 Å². The fraction of sp³-hybridized carbons (Fsp3) is 0.286. The number of phenolic OH excluding ortho intramolecular Hbond substituents is 1. The van der Waals surface area contributed by atoms with Crippen molar-refractivity contribution >= 4 is 36.0 Å². The van der Waals surface area contributed by atoms with Crippen molar-refractivity contribution in [3.8, 4) is 17.2 Å². The minimum atomic E-state index is -3.15. The average molecular weight is 799 g/mol. The average Bonchev–Trinajstić information content (AvgIpc) is 3.18. The van der Waals surface area contributed by atoms with Gasteiger partial charge in [0.15, 0.2) is 24.0 Å². The number of rotatable bonds is 12. The van der Waals surface area contributed by atoms with E-state index >= 15 is 0 Å². The first-order chi connectivity index (χ1) is 27.5. The van der Waals surface area contributed by atoms with Gasteiger partial charge in [0.2, 0.25) is 12.1 Å². The second-order valence-corrected chi connectivity index (χ2v) is 14.0. The number of fused-ring (bicyclic) bond motifs is 2. The van der Waals surface area contributed by atoms with Gasteiger partial charge in [0.05, 0.1) is 24.4 Å². The lowest BCUT2D eigenvalue weighted by Crippen LogP contribution is -2.67. The van der Waals surface area contributed by atoms with E-state index in [0.29, 0.717) is 18.3 Å². The van der Waals surface area contributed by atoms with E-state index in [-0.39, 0.29) is 63.3 Å². The van der Waals surface area contributed by atoms with Crippen molar-refractivity contribution in [3.05, 3.63) is 121 Å². The number of carbonyl (C=O) groups excluding carboxylic acids is 4. The second kappa shape index (κ2) is 16.7. The van der Waals surface area contributed by atoms with Gasteiger partial charge in [-0.15, -0.1) is 0 Å². The molecule has 304 valence electrons. The summed E-state index contributed by atoms with van der Waals surface area (Å²) in [4.78, 5) is 54.1. The van der Waals surface area contributed by atoms with Crippen molar-refractivity contribution < 1.29 is 69.1 Å².